The predicted octanol–water partition coefficient (Wildman–Crippen LogP) is 2.11. The van der Waals surface area contributed by atoms with Gasteiger partial charge >= 0.3 is 0 Å². The summed E-state index contributed by atoms with van der Waals surface area (Å²) in [6.45, 7) is 2.01. The van der Waals surface area contributed by atoms with Crippen molar-refractivity contribution in [3.63, 3.8) is 0 Å². The maximum atomic E-state index is 12.4. The van der Waals surface area contributed by atoms with Gasteiger partial charge in [0, 0.05) is 24.4 Å². The molecule has 3 aliphatic rings. The van der Waals surface area contributed by atoms with E-state index >= 15 is 0 Å². The molecule has 3 fully saturated rings. The fourth-order valence-corrected chi connectivity index (χ4v) is 4.55. The first-order valence-corrected chi connectivity index (χ1v) is 10.0. The minimum Gasteiger partial charge on any atom is -0.353 e. The van der Waals surface area contributed by atoms with Gasteiger partial charge in [-0.1, -0.05) is 12.8 Å². The molecule has 1 aliphatic heterocycles. The van der Waals surface area contributed by atoms with E-state index in [9.17, 15) is 9.59 Å². The molecule has 2 aliphatic carbocycles. The van der Waals surface area contributed by atoms with Gasteiger partial charge in [0.2, 0.25) is 11.8 Å². The van der Waals surface area contributed by atoms with E-state index in [2.05, 4.69) is 16.0 Å². The van der Waals surface area contributed by atoms with E-state index < -0.39 is 0 Å². The van der Waals surface area contributed by atoms with Crippen molar-refractivity contribution in [3.8, 4) is 0 Å². The van der Waals surface area contributed by atoms with Crippen LogP contribution in [0.5, 0.6) is 0 Å². The van der Waals surface area contributed by atoms with Gasteiger partial charge in [-0.05, 0) is 70.4 Å². The highest BCUT2D eigenvalue weighted by Gasteiger charge is 2.29. The Balaban J connectivity index is 1.34. The number of nitrogens with one attached hydrogen (secondary N) is 3. The Morgan fingerprint density at radius 1 is 0.792 bits per heavy atom. The van der Waals surface area contributed by atoms with Crippen molar-refractivity contribution >= 4 is 11.8 Å². The third-order valence-electron chi connectivity index (χ3n) is 6.10. The Labute approximate surface area is 145 Å². The number of carbonyl (C=O) groups excluding carboxylic acids is 2. The summed E-state index contributed by atoms with van der Waals surface area (Å²) < 4.78 is 0. The minimum absolute atomic E-state index is 0.142. The largest absolute Gasteiger partial charge is 0.353 e. The molecular formula is C19H33N3O2. The number of rotatable bonds is 5. The van der Waals surface area contributed by atoms with Crippen molar-refractivity contribution in [2.75, 3.05) is 13.1 Å². The van der Waals surface area contributed by atoms with Crippen molar-refractivity contribution in [1.82, 2.24) is 16.0 Å². The summed E-state index contributed by atoms with van der Waals surface area (Å²) in [6.07, 6.45) is 11.5. The molecule has 136 valence electrons. The van der Waals surface area contributed by atoms with E-state index in [-0.39, 0.29) is 23.8 Å². The molecule has 2 saturated carbocycles. The second-order valence-electron chi connectivity index (χ2n) is 8.00. The first-order valence-electron chi connectivity index (χ1n) is 10.0. The quantitative estimate of drug-likeness (QED) is 0.721. The van der Waals surface area contributed by atoms with Gasteiger partial charge in [-0.15, -0.1) is 0 Å². The SMILES string of the molecule is O=C(CC1CCCC1)NC1CCC(C(=O)NC2CCNCC2)CC1. The van der Waals surface area contributed by atoms with E-state index in [0.29, 0.717) is 18.4 Å². The highest BCUT2D eigenvalue weighted by atomic mass is 16.2. The lowest BCUT2D eigenvalue weighted by Gasteiger charge is -2.31. The number of hydrogen-bond acceptors (Lipinski definition) is 3. The molecule has 0 aromatic carbocycles. The van der Waals surface area contributed by atoms with E-state index in [1.54, 1.807) is 0 Å². The molecule has 24 heavy (non-hydrogen) atoms. The highest BCUT2D eigenvalue weighted by Crippen LogP contribution is 2.28. The Hall–Kier alpha value is -1.10. The number of carbonyl (C=O) groups is 2. The molecule has 3 N–H and O–H groups in total. The Morgan fingerprint density at radius 2 is 1.42 bits per heavy atom. The summed E-state index contributed by atoms with van der Waals surface area (Å²) in [5, 5.41) is 9.76. The Kier molecular flexibility index (Phi) is 6.52. The second-order valence-corrected chi connectivity index (χ2v) is 8.00. The minimum atomic E-state index is 0.142. The van der Waals surface area contributed by atoms with Crippen LogP contribution in [0.4, 0.5) is 0 Å². The Bertz CT molecular complexity index is 420. The standard InChI is InChI=1S/C19H33N3O2/c23-18(13-14-3-1-2-4-14)21-16-7-5-15(6-8-16)19(24)22-17-9-11-20-12-10-17/h14-17,20H,1-13H2,(H,21,23)(H,22,24). The average Bonchev–Trinajstić information content (AvgIpc) is 3.09. The summed E-state index contributed by atoms with van der Waals surface area (Å²) in [7, 11) is 0. The molecule has 0 bridgehead atoms. The fraction of sp³-hybridized carbons (Fsp3) is 0.895. The average molecular weight is 335 g/mol. The molecule has 0 atom stereocenters. The zero-order chi connectivity index (χ0) is 16.8. The third kappa shape index (κ3) is 5.20. The van der Waals surface area contributed by atoms with Crippen LogP contribution in [-0.4, -0.2) is 37.0 Å². The van der Waals surface area contributed by atoms with Crippen LogP contribution in [0.25, 0.3) is 0 Å². The number of hydrogen-bond donors (Lipinski definition) is 3. The van der Waals surface area contributed by atoms with Gasteiger partial charge in [-0.2, -0.15) is 0 Å². The van der Waals surface area contributed by atoms with Crippen molar-refractivity contribution < 1.29 is 9.59 Å². The molecule has 0 radical (unpaired) electrons. The van der Waals surface area contributed by atoms with Crippen molar-refractivity contribution in [2.45, 2.75) is 82.7 Å². The van der Waals surface area contributed by atoms with Crippen molar-refractivity contribution in [2.24, 2.45) is 11.8 Å². The van der Waals surface area contributed by atoms with Crippen LogP contribution in [0.3, 0.4) is 0 Å². The summed E-state index contributed by atoms with van der Waals surface area (Å²) in [5.41, 5.74) is 0. The summed E-state index contributed by atoms with van der Waals surface area (Å²) in [4.78, 5) is 24.6. The second kappa shape index (κ2) is 8.84. The summed E-state index contributed by atoms with van der Waals surface area (Å²) in [5.74, 6) is 1.21. The maximum absolute atomic E-state index is 12.4. The molecular weight excluding hydrogens is 302 g/mol. The third-order valence-corrected chi connectivity index (χ3v) is 6.10. The van der Waals surface area contributed by atoms with Crippen LogP contribution in [0.15, 0.2) is 0 Å². The molecule has 3 rings (SSSR count). The lowest BCUT2D eigenvalue weighted by Crippen LogP contribution is -2.46. The summed E-state index contributed by atoms with van der Waals surface area (Å²) >= 11 is 0. The molecule has 5 heteroatoms. The molecule has 1 saturated heterocycles. The summed E-state index contributed by atoms with van der Waals surface area (Å²) in [6, 6.07) is 0.629. The Morgan fingerprint density at radius 3 is 2.08 bits per heavy atom. The normalized spacial score (nSPS) is 29.3. The topological polar surface area (TPSA) is 70.2 Å². The van der Waals surface area contributed by atoms with Crippen LogP contribution in [0.2, 0.25) is 0 Å². The van der Waals surface area contributed by atoms with E-state index in [4.69, 9.17) is 0 Å². The highest BCUT2D eigenvalue weighted by molar-refractivity contribution is 5.79. The number of piperidine rings is 1. The first-order chi connectivity index (χ1) is 11.7. The van der Waals surface area contributed by atoms with Gasteiger partial charge in [0.25, 0.3) is 0 Å². The van der Waals surface area contributed by atoms with Crippen molar-refractivity contribution in [1.29, 1.82) is 0 Å². The van der Waals surface area contributed by atoms with Gasteiger partial charge in [0.05, 0.1) is 0 Å². The van der Waals surface area contributed by atoms with E-state index in [1.165, 1.54) is 25.7 Å². The van der Waals surface area contributed by atoms with Crippen LogP contribution in [0.1, 0.15) is 70.6 Å². The maximum Gasteiger partial charge on any atom is 0.223 e. The molecule has 0 unspecified atom stereocenters. The van der Waals surface area contributed by atoms with Crippen molar-refractivity contribution in [3.05, 3.63) is 0 Å². The fourth-order valence-electron chi connectivity index (χ4n) is 4.55. The van der Waals surface area contributed by atoms with E-state index in [0.717, 1.165) is 51.6 Å². The molecule has 0 aromatic rings. The van der Waals surface area contributed by atoms with E-state index in [1.807, 2.05) is 0 Å². The van der Waals surface area contributed by atoms with Crippen LogP contribution < -0.4 is 16.0 Å². The van der Waals surface area contributed by atoms with Gasteiger partial charge in [0.1, 0.15) is 0 Å². The molecule has 5 nitrogen and oxygen atoms in total. The van der Waals surface area contributed by atoms with Gasteiger partial charge < -0.3 is 16.0 Å². The predicted molar refractivity (Wildman–Crippen MR) is 94.5 cm³/mol. The van der Waals surface area contributed by atoms with Gasteiger partial charge in [0.15, 0.2) is 0 Å². The molecule has 1 heterocycles. The monoisotopic (exact) mass is 335 g/mol. The van der Waals surface area contributed by atoms with Gasteiger partial charge in [-0.3, -0.25) is 9.59 Å². The molecule has 2 amide bonds. The lowest BCUT2D eigenvalue weighted by molar-refractivity contribution is -0.127. The smallest absolute Gasteiger partial charge is 0.223 e. The zero-order valence-corrected chi connectivity index (χ0v) is 14.8. The zero-order valence-electron chi connectivity index (χ0n) is 14.8. The first kappa shape index (κ1) is 17.7. The van der Waals surface area contributed by atoms with Gasteiger partial charge in [-0.25, -0.2) is 0 Å². The molecule has 0 spiro atoms. The van der Waals surface area contributed by atoms with Crippen LogP contribution in [0, 0.1) is 11.8 Å². The number of amides is 2. The molecule has 0 aromatic heterocycles. The van der Waals surface area contributed by atoms with Crippen LogP contribution >= 0.6 is 0 Å². The van der Waals surface area contributed by atoms with Crippen LogP contribution in [-0.2, 0) is 9.59 Å². The lowest BCUT2D eigenvalue weighted by atomic mass is 9.85.